The Morgan fingerprint density at radius 2 is 1.76 bits per heavy atom. The number of rotatable bonds is 4. The summed E-state index contributed by atoms with van der Waals surface area (Å²) < 4.78 is 23.7. The van der Waals surface area contributed by atoms with Gasteiger partial charge in [0.25, 0.3) is 0 Å². The highest BCUT2D eigenvalue weighted by Gasteiger charge is 2.18. The van der Waals surface area contributed by atoms with Crippen molar-refractivity contribution in [1.82, 2.24) is 0 Å². The molecule has 5 heteroatoms. The lowest BCUT2D eigenvalue weighted by atomic mass is 10.3. The lowest BCUT2D eigenvalue weighted by Crippen LogP contribution is -2.14. The van der Waals surface area contributed by atoms with E-state index in [1.54, 1.807) is 32.9 Å². The Bertz CT molecular complexity index is 489. The molecule has 94 valence electrons. The van der Waals surface area contributed by atoms with Crippen LogP contribution in [0.4, 0.5) is 5.69 Å². The zero-order chi connectivity index (χ0) is 13.1. The molecule has 0 atom stereocenters. The van der Waals surface area contributed by atoms with E-state index in [0.29, 0.717) is 12.1 Å². The van der Waals surface area contributed by atoms with E-state index in [1.807, 2.05) is 0 Å². The first kappa shape index (κ1) is 13.7. The van der Waals surface area contributed by atoms with Crippen LogP contribution in [0.25, 0.3) is 0 Å². The number of benzene rings is 1. The molecule has 1 N–H and O–H groups in total. The van der Waals surface area contributed by atoms with E-state index in [4.69, 9.17) is 0 Å². The molecule has 0 aliphatic rings. The van der Waals surface area contributed by atoms with Gasteiger partial charge in [0.05, 0.1) is 10.1 Å². The van der Waals surface area contributed by atoms with Crippen LogP contribution < -0.4 is 5.32 Å². The Morgan fingerprint density at radius 1 is 1.24 bits per heavy atom. The van der Waals surface area contributed by atoms with Crippen molar-refractivity contribution >= 4 is 21.4 Å². The predicted molar refractivity (Wildman–Crippen MR) is 67.7 cm³/mol. The zero-order valence-electron chi connectivity index (χ0n) is 10.2. The van der Waals surface area contributed by atoms with Crippen molar-refractivity contribution in [3.63, 3.8) is 0 Å². The molecule has 1 amide bonds. The van der Waals surface area contributed by atoms with E-state index < -0.39 is 15.1 Å². The van der Waals surface area contributed by atoms with Crippen LogP contribution >= 0.6 is 0 Å². The summed E-state index contributed by atoms with van der Waals surface area (Å²) in [5.41, 5.74) is 0.611. The Balaban J connectivity index is 2.93. The highest BCUT2D eigenvalue weighted by atomic mass is 32.2. The van der Waals surface area contributed by atoms with Gasteiger partial charge in [0.2, 0.25) is 5.91 Å². The molecule has 4 nitrogen and oxygen atoms in total. The van der Waals surface area contributed by atoms with Gasteiger partial charge in [-0.25, -0.2) is 8.42 Å². The summed E-state index contributed by atoms with van der Waals surface area (Å²) in [7, 11) is -3.24. The number of carbonyl (C=O) groups is 1. The Kier molecular flexibility index (Phi) is 4.28. The summed E-state index contributed by atoms with van der Waals surface area (Å²) in [6, 6.07) is 6.23. The lowest BCUT2D eigenvalue weighted by Gasteiger charge is -2.09. The number of hydrogen-bond donors (Lipinski definition) is 1. The second kappa shape index (κ2) is 5.31. The molecule has 1 rings (SSSR count). The molecule has 0 fully saturated rings. The fourth-order valence-corrected chi connectivity index (χ4v) is 2.31. The molecule has 0 aliphatic heterocycles. The van der Waals surface area contributed by atoms with Gasteiger partial charge in [-0.3, -0.25) is 4.79 Å². The smallest absolute Gasteiger partial charge is 0.224 e. The highest BCUT2D eigenvalue weighted by molar-refractivity contribution is 7.92. The minimum Gasteiger partial charge on any atom is -0.326 e. The van der Waals surface area contributed by atoms with Crippen molar-refractivity contribution in [2.24, 2.45) is 0 Å². The van der Waals surface area contributed by atoms with Crippen molar-refractivity contribution in [2.45, 2.75) is 37.3 Å². The SMILES string of the molecule is CCC(=O)Nc1ccc(S(=O)(=O)C(C)C)cc1. The van der Waals surface area contributed by atoms with E-state index in [2.05, 4.69) is 5.32 Å². The van der Waals surface area contributed by atoms with Crippen LogP contribution in [0.1, 0.15) is 27.2 Å². The Labute approximate surface area is 102 Å². The van der Waals surface area contributed by atoms with Crippen molar-refractivity contribution in [2.75, 3.05) is 5.32 Å². The zero-order valence-corrected chi connectivity index (χ0v) is 11.0. The first-order valence-corrected chi connectivity index (χ1v) is 7.06. The molecule has 0 heterocycles. The largest absolute Gasteiger partial charge is 0.326 e. The number of hydrogen-bond acceptors (Lipinski definition) is 3. The molecular formula is C12H17NO3S. The monoisotopic (exact) mass is 255 g/mol. The number of carbonyl (C=O) groups excluding carboxylic acids is 1. The first-order chi connectivity index (χ1) is 7.87. The van der Waals surface area contributed by atoms with Gasteiger partial charge >= 0.3 is 0 Å². The summed E-state index contributed by atoms with van der Waals surface area (Å²) in [6.07, 6.45) is 0.395. The Morgan fingerprint density at radius 3 is 2.18 bits per heavy atom. The summed E-state index contributed by atoms with van der Waals surface area (Å²) in [5, 5.41) is 2.22. The fraction of sp³-hybridized carbons (Fsp3) is 0.417. The number of amides is 1. The number of anilines is 1. The summed E-state index contributed by atoms with van der Waals surface area (Å²) in [5.74, 6) is -0.0931. The van der Waals surface area contributed by atoms with Crippen LogP contribution in [0.5, 0.6) is 0 Å². The molecule has 0 aromatic heterocycles. The van der Waals surface area contributed by atoms with E-state index in [0.717, 1.165) is 0 Å². The van der Waals surface area contributed by atoms with Gasteiger partial charge in [-0.2, -0.15) is 0 Å². The maximum atomic E-state index is 11.8. The minimum atomic E-state index is -3.24. The average Bonchev–Trinajstić information content (AvgIpc) is 2.29. The molecule has 0 saturated carbocycles. The quantitative estimate of drug-likeness (QED) is 0.897. The van der Waals surface area contributed by atoms with Gasteiger partial charge in [-0.15, -0.1) is 0 Å². The maximum Gasteiger partial charge on any atom is 0.224 e. The minimum absolute atomic E-state index is 0.0931. The fourth-order valence-electron chi connectivity index (χ4n) is 1.25. The van der Waals surface area contributed by atoms with Gasteiger partial charge in [-0.1, -0.05) is 6.92 Å². The molecule has 0 aliphatic carbocycles. The van der Waals surface area contributed by atoms with E-state index >= 15 is 0 Å². The van der Waals surface area contributed by atoms with Crippen LogP contribution in [0.15, 0.2) is 29.2 Å². The van der Waals surface area contributed by atoms with Gasteiger partial charge in [0, 0.05) is 12.1 Å². The number of sulfone groups is 1. The summed E-state index contributed by atoms with van der Waals surface area (Å²) in [4.78, 5) is 11.4. The van der Waals surface area contributed by atoms with Crippen LogP contribution in [-0.4, -0.2) is 19.6 Å². The van der Waals surface area contributed by atoms with Gasteiger partial charge in [-0.05, 0) is 38.1 Å². The third kappa shape index (κ3) is 3.30. The predicted octanol–water partition coefficient (Wildman–Crippen LogP) is 2.22. The third-order valence-electron chi connectivity index (χ3n) is 2.41. The van der Waals surface area contributed by atoms with Crippen LogP contribution in [-0.2, 0) is 14.6 Å². The van der Waals surface area contributed by atoms with Crippen molar-refractivity contribution in [3.05, 3.63) is 24.3 Å². The third-order valence-corrected chi connectivity index (χ3v) is 4.58. The van der Waals surface area contributed by atoms with Crippen molar-refractivity contribution < 1.29 is 13.2 Å². The molecule has 17 heavy (non-hydrogen) atoms. The molecule has 0 bridgehead atoms. The lowest BCUT2D eigenvalue weighted by molar-refractivity contribution is -0.115. The second-order valence-corrected chi connectivity index (χ2v) is 6.52. The summed E-state index contributed by atoms with van der Waals surface area (Å²) in [6.45, 7) is 5.04. The molecule has 1 aromatic rings. The van der Waals surface area contributed by atoms with Gasteiger partial charge < -0.3 is 5.32 Å². The van der Waals surface area contributed by atoms with Crippen LogP contribution in [0, 0.1) is 0 Å². The van der Waals surface area contributed by atoms with Crippen molar-refractivity contribution in [3.8, 4) is 0 Å². The van der Waals surface area contributed by atoms with E-state index in [-0.39, 0.29) is 10.8 Å². The molecule has 0 saturated heterocycles. The topological polar surface area (TPSA) is 63.2 Å². The van der Waals surface area contributed by atoms with Crippen molar-refractivity contribution in [1.29, 1.82) is 0 Å². The molecular weight excluding hydrogens is 238 g/mol. The van der Waals surface area contributed by atoms with Gasteiger partial charge in [0.1, 0.15) is 0 Å². The number of nitrogens with one attached hydrogen (secondary N) is 1. The second-order valence-electron chi connectivity index (χ2n) is 4.02. The van der Waals surface area contributed by atoms with Crippen LogP contribution in [0.2, 0.25) is 0 Å². The van der Waals surface area contributed by atoms with E-state index in [9.17, 15) is 13.2 Å². The van der Waals surface area contributed by atoms with E-state index in [1.165, 1.54) is 12.1 Å². The molecule has 1 aromatic carbocycles. The Hall–Kier alpha value is -1.36. The van der Waals surface area contributed by atoms with Crippen LogP contribution in [0.3, 0.4) is 0 Å². The average molecular weight is 255 g/mol. The standard InChI is InChI=1S/C12H17NO3S/c1-4-12(14)13-10-5-7-11(8-6-10)17(15,16)9(2)3/h5-9H,4H2,1-3H3,(H,13,14). The normalized spacial score (nSPS) is 11.5. The maximum absolute atomic E-state index is 11.8. The summed E-state index contributed by atoms with van der Waals surface area (Å²) >= 11 is 0. The first-order valence-electron chi connectivity index (χ1n) is 5.51. The highest BCUT2D eigenvalue weighted by Crippen LogP contribution is 2.18. The molecule has 0 spiro atoms. The van der Waals surface area contributed by atoms with Gasteiger partial charge in [0.15, 0.2) is 9.84 Å². The molecule has 0 unspecified atom stereocenters. The molecule has 0 radical (unpaired) electrons.